The van der Waals surface area contributed by atoms with Gasteiger partial charge in [0.25, 0.3) is 5.91 Å². The second-order valence-corrected chi connectivity index (χ2v) is 5.14. The standard InChI is InChI=1S/C15H19N3O3/c1-10-3-2-4-11(9-10)5-6-13(19)16-8-7-12-14(20)18-15(21)17-12/h2-4,9,12H,5-8H2,1H3,(H,16,19)(H2,17,18,20,21). The third-order valence-corrected chi connectivity index (χ3v) is 3.34. The number of carbonyl (C=O) groups is 3. The average Bonchev–Trinajstić information content (AvgIpc) is 2.75. The summed E-state index contributed by atoms with van der Waals surface area (Å²) in [7, 11) is 0. The summed E-state index contributed by atoms with van der Waals surface area (Å²) in [5.41, 5.74) is 2.31. The van der Waals surface area contributed by atoms with Gasteiger partial charge >= 0.3 is 6.03 Å². The van der Waals surface area contributed by atoms with Gasteiger partial charge in [-0.3, -0.25) is 14.9 Å². The summed E-state index contributed by atoms with van der Waals surface area (Å²) < 4.78 is 0. The van der Waals surface area contributed by atoms with E-state index in [1.807, 2.05) is 25.1 Å². The fourth-order valence-electron chi connectivity index (χ4n) is 2.23. The highest BCUT2D eigenvalue weighted by Crippen LogP contribution is 2.06. The number of aryl methyl sites for hydroxylation is 2. The molecule has 1 aromatic carbocycles. The number of nitrogens with one attached hydrogen (secondary N) is 3. The predicted molar refractivity (Wildman–Crippen MR) is 77.6 cm³/mol. The second-order valence-electron chi connectivity index (χ2n) is 5.14. The zero-order valence-electron chi connectivity index (χ0n) is 11.9. The molecule has 21 heavy (non-hydrogen) atoms. The maximum absolute atomic E-state index is 11.7. The molecule has 3 N–H and O–H groups in total. The maximum atomic E-state index is 11.7. The fraction of sp³-hybridized carbons (Fsp3) is 0.400. The molecule has 1 fully saturated rings. The number of amides is 4. The van der Waals surface area contributed by atoms with Crippen LogP contribution in [-0.2, 0) is 16.0 Å². The van der Waals surface area contributed by atoms with E-state index in [9.17, 15) is 14.4 Å². The highest BCUT2D eigenvalue weighted by Gasteiger charge is 2.28. The van der Waals surface area contributed by atoms with Crippen LogP contribution in [0.1, 0.15) is 24.0 Å². The number of carbonyl (C=O) groups excluding carboxylic acids is 3. The molecule has 1 aromatic rings. The summed E-state index contributed by atoms with van der Waals surface area (Å²) in [4.78, 5) is 33.9. The number of imide groups is 1. The molecule has 1 heterocycles. The molecule has 1 saturated heterocycles. The van der Waals surface area contributed by atoms with E-state index in [-0.39, 0.29) is 11.8 Å². The Morgan fingerprint density at radius 2 is 2.14 bits per heavy atom. The minimum absolute atomic E-state index is 0.0544. The van der Waals surface area contributed by atoms with Crippen molar-refractivity contribution in [1.82, 2.24) is 16.0 Å². The first-order valence-electron chi connectivity index (χ1n) is 6.98. The molecule has 6 nitrogen and oxygen atoms in total. The number of hydrogen-bond donors (Lipinski definition) is 3. The lowest BCUT2D eigenvalue weighted by atomic mass is 10.1. The van der Waals surface area contributed by atoms with Gasteiger partial charge in [-0.05, 0) is 25.3 Å². The normalized spacial score (nSPS) is 17.3. The van der Waals surface area contributed by atoms with E-state index in [0.29, 0.717) is 25.8 Å². The van der Waals surface area contributed by atoms with Crippen molar-refractivity contribution in [3.63, 3.8) is 0 Å². The largest absolute Gasteiger partial charge is 0.356 e. The van der Waals surface area contributed by atoms with Crippen molar-refractivity contribution in [2.75, 3.05) is 6.54 Å². The van der Waals surface area contributed by atoms with Gasteiger partial charge < -0.3 is 10.6 Å². The van der Waals surface area contributed by atoms with Crippen LogP contribution in [0.5, 0.6) is 0 Å². The van der Waals surface area contributed by atoms with Gasteiger partial charge in [-0.1, -0.05) is 29.8 Å². The monoisotopic (exact) mass is 289 g/mol. The van der Waals surface area contributed by atoms with E-state index in [2.05, 4.69) is 22.0 Å². The minimum Gasteiger partial charge on any atom is -0.356 e. The van der Waals surface area contributed by atoms with E-state index in [1.54, 1.807) is 0 Å². The Morgan fingerprint density at radius 3 is 2.81 bits per heavy atom. The summed E-state index contributed by atoms with van der Waals surface area (Å²) in [5.74, 6) is -0.393. The Bertz CT molecular complexity index is 557. The van der Waals surface area contributed by atoms with Crippen LogP contribution >= 0.6 is 0 Å². The Balaban J connectivity index is 1.66. The van der Waals surface area contributed by atoms with Crippen LogP contribution in [0.2, 0.25) is 0 Å². The van der Waals surface area contributed by atoms with Gasteiger partial charge in [0.1, 0.15) is 6.04 Å². The molecule has 4 amide bonds. The lowest BCUT2D eigenvalue weighted by Gasteiger charge is -2.08. The van der Waals surface area contributed by atoms with Crippen molar-refractivity contribution >= 4 is 17.8 Å². The molecular weight excluding hydrogens is 270 g/mol. The molecule has 0 aliphatic carbocycles. The quantitative estimate of drug-likeness (QED) is 0.672. The number of rotatable bonds is 6. The van der Waals surface area contributed by atoms with Gasteiger partial charge in [-0.2, -0.15) is 0 Å². The number of benzene rings is 1. The maximum Gasteiger partial charge on any atom is 0.322 e. The molecule has 0 spiro atoms. The fourth-order valence-corrected chi connectivity index (χ4v) is 2.23. The Kier molecular flexibility index (Phi) is 4.92. The topological polar surface area (TPSA) is 87.3 Å². The highest BCUT2D eigenvalue weighted by atomic mass is 16.2. The van der Waals surface area contributed by atoms with Crippen molar-refractivity contribution in [3.05, 3.63) is 35.4 Å². The van der Waals surface area contributed by atoms with Crippen LogP contribution in [-0.4, -0.2) is 30.4 Å². The van der Waals surface area contributed by atoms with Gasteiger partial charge in [-0.15, -0.1) is 0 Å². The van der Waals surface area contributed by atoms with Crippen LogP contribution in [0.3, 0.4) is 0 Å². The smallest absolute Gasteiger partial charge is 0.322 e. The van der Waals surface area contributed by atoms with Crippen LogP contribution in [0.4, 0.5) is 4.79 Å². The van der Waals surface area contributed by atoms with Gasteiger partial charge in [0.15, 0.2) is 0 Å². The first-order chi connectivity index (χ1) is 10.0. The summed E-state index contributed by atoms with van der Waals surface area (Å²) in [5, 5.41) is 7.41. The van der Waals surface area contributed by atoms with E-state index in [0.717, 1.165) is 5.56 Å². The van der Waals surface area contributed by atoms with Crippen LogP contribution < -0.4 is 16.0 Å². The molecular formula is C15H19N3O3. The van der Waals surface area contributed by atoms with Crippen LogP contribution in [0.15, 0.2) is 24.3 Å². The first-order valence-corrected chi connectivity index (χ1v) is 6.98. The molecule has 0 aromatic heterocycles. The van der Waals surface area contributed by atoms with Gasteiger partial charge in [0, 0.05) is 13.0 Å². The Hall–Kier alpha value is -2.37. The zero-order valence-corrected chi connectivity index (χ0v) is 11.9. The lowest BCUT2D eigenvalue weighted by molar-refractivity contribution is -0.122. The highest BCUT2D eigenvalue weighted by molar-refractivity contribution is 6.04. The van der Waals surface area contributed by atoms with Crippen molar-refractivity contribution in [3.8, 4) is 0 Å². The molecule has 1 unspecified atom stereocenters. The van der Waals surface area contributed by atoms with E-state index in [4.69, 9.17) is 0 Å². The number of urea groups is 1. The van der Waals surface area contributed by atoms with Gasteiger partial charge in [0.05, 0.1) is 0 Å². The van der Waals surface area contributed by atoms with Crippen LogP contribution in [0.25, 0.3) is 0 Å². The summed E-state index contributed by atoms with van der Waals surface area (Å²) >= 11 is 0. The summed E-state index contributed by atoms with van der Waals surface area (Å²) in [6.07, 6.45) is 1.49. The van der Waals surface area contributed by atoms with Crippen molar-refractivity contribution in [1.29, 1.82) is 0 Å². The third-order valence-electron chi connectivity index (χ3n) is 3.34. The molecule has 1 aliphatic heterocycles. The lowest BCUT2D eigenvalue weighted by Crippen LogP contribution is -2.34. The molecule has 112 valence electrons. The average molecular weight is 289 g/mol. The summed E-state index contributed by atoms with van der Waals surface area (Å²) in [6, 6.07) is 7.03. The first kappa shape index (κ1) is 15.0. The molecule has 1 atom stereocenters. The van der Waals surface area contributed by atoms with Gasteiger partial charge in [-0.25, -0.2) is 4.79 Å². The zero-order chi connectivity index (χ0) is 15.2. The summed E-state index contributed by atoms with van der Waals surface area (Å²) in [6.45, 7) is 2.38. The van der Waals surface area contributed by atoms with Gasteiger partial charge in [0.2, 0.25) is 5.91 Å². The Morgan fingerprint density at radius 1 is 1.33 bits per heavy atom. The molecule has 2 rings (SSSR count). The molecule has 0 bridgehead atoms. The second kappa shape index (κ2) is 6.88. The molecule has 0 saturated carbocycles. The van der Waals surface area contributed by atoms with E-state index < -0.39 is 12.1 Å². The molecule has 6 heteroatoms. The van der Waals surface area contributed by atoms with Crippen molar-refractivity contribution in [2.45, 2.75) is 32.2 Å². The molecule has 0 radical (unpaired) electrons. The SMILES string of the molecule is Cc1cccc(CCC(=O)NCCC2NC(=O)NC2=O)c1. The number of hydrogen-bond acceptors (Lipinski definition) is 3. The van der Waals surface area contributed by atoms with E-state index >= 15 is 0 Å². The van der Waals surface area contributed by atoms with Crippen molar-refractivity contribution in [2.24, 2.45) is 0 Å². The third kappa shape index (κ3) is 4.59. The minimum atomic E-state index is -0.547. The van der Waals surface area contributed by atoms with E-state index in [1.165, 1.54) is 5.56 Å². The van der Waals surface area contributed by atoms with Crippen molar-refractivity contribution < 1.29 is 14.4 Å². The molecule has 1 aliphatic rings. The predicted octanol–water partition coefficient (Wildman–Crippen LogP) is 0.642. The Labute approximate surface area is 123 Å². The van der Waals surface area contributed by atoms with Crippen LogP contribution in [0, 0.1) is 6.92 Å².